The lowest BCUT2D eigenvalue weighted by molar-refractivity contribution is 1.14. The van der Waals surface area contributed by atoms with Crippen LogP contribution in [0.2, 0.25) is 0 Å². The van der Waals surface area contributed by atoms with Gasteiger partial charge in [-0.05, 0) is 89.2 Å². The maximum Gasteiger partial charge on any atom is 0.252 e. The Labute approximate surface area is 338 Å². The van der Waals surface area contributed by atoms with Crippen LogP contribution in [0.4, 0.5) is 0 Å². The van der Waals surface area contributed by atoms with Gasteiger partial charge in [-0.1, -0.05) is 115 Å². The Kier molecular flexibility index (Phi) is 5.46. The van der Waals surface area contributed by atoms with E-state index >= 15 is 0 Å². The highest BCUT2D eigenvalue weighted by Crippen LogP contribution is 2.45. The normalized spacial score (nSPS) is 13.1. The van der Waals surface area contributed by atoms with Crippen molar-refractivity contribution in [2.24, 2.45) is 0 Å². The summed E-state index contributed by atoms with van der Waals surface area (Å²) in [5, 5.41) is 10.3. The van der Waals surface area contributed by atoms with Crippen molar-refractivity contribution < 1.29 is 0 Å². The first kappa shape index (κ1) is 30.4. The minimum Gasteiger partial charge on any atom is -0.310 e. The zero-order valence-electron chi connectivity index (χ0n) is 31.8. The van der Waals surface area contributed by atoms with Gasteiger partial charge in [-0.3, -0.25) is 0 Å². The Balaban J connectivity index is 1.07. The van der Waals surface area contributed by atoms with Crippen LogP contribution in [0.25, 0.3) is 110 Å². The lowest BCUT2D eigenvalue weighted by Crippen LogP contribution is -2.59. The van der Waals surface area contributed by atoms with Crippen molar-refractivity contribution >= 4 is 110 Å². The van der Waals surface area contributed by atoms with Gasteiger partial charge in [0.15, 0.2) is 0 Å². The third-order valence-electron chi connectivity index (χ3n) is 13.7. The zero-order chi connectivity index (χ0) is 38.1. The summed E-state index contributed by atoms with van der Waals surface area (Å²) in [6.45, 7) is 0.0942. The molecular weight excluding hydrogens is 715 g/mol. The molecule has 5 heteroatoms. The second kappa shape index (κ2) is 10.6. The van der Waals surface area contributed by atoms with Crippen LogP contribution >= 0.6 is 0 Å². The van der Waals surface area contributed by atoms with E-state index in [1.807, 2.05) is 0 Å². The van der Waals surface area contributed by atoms with Gasteiger partial charge in [-0.15, -0.1) is 0 Å². The highest BCUT2D eigenvalue weighted by atomic mass is 15.0. The molecule has 6 heterocycles. The first-order valence-electron chi connectivity index (χ1n) is 20.6. The number of para-hydroxylation sites is 6. The number of fused-ring (bicyclic) bond motifs is 17. The van der Waals surface area contributed by atoms with E-state index in [0.29, 0.717) is 0 Å². The van der Waals surface area contributed by atoms with E-state index in [2.05, 4.69) is 206 Å². The standard InChI is InChI=1S/C54H31BN4/c1-3-14-32(15-4-1)56-43-25-10-8-19-36(43)50-44(56)28-29-45-51(50)37-21-12-23-41-54(37)58(45)46-26-13-27-47-52(46)55(41)40-22-11-20-35-39-31-48-38(30-49(39)59(47)53(35)40)34-18-7-9-24-42(34)57(48)33-16-5-2-6-17-33/h1-31H. The maximum atomic E-state index is 2.59. The number of nitrogens with zero attached hydrogens (tertiary/aromatic N) is 4. The third-order valence-corrected chi connectivity index (χ3v) is 13.7. The minimum absolute atomic E-state index is 0.0942. The van der Waals surface area contributed by atoms with Gasteiger partial charge in [0.25, 0.3) is 6.71 Å². The number of benzene rings is 9. The fourth-order valence-corrected chi connectivity index (χ4v) is 11.6. The summed E-state index contributed by atoms with van der Waals surface area (Å²) in [7, 11) is 0. The quantitative estimate of drug-likeness (QED) is 0.157. The van der Waals surface area contributed by atoms with Gasteiger partial charge in [-0.25, -0.2) is 0 Å². The van der Waals surface area contributed by atoms with Crippen LogP contribution < -0.4 is 16.4 Å². The van der Waals surface area contributed by atoms with Crippen molar-refractivity contribution in [3.05, 3.63) is 188 Å². The van der Waals surface area contributed by atoms with E-state index in [0.717, 1.165) is 0 Å². The lowest BCUT2D eigenvalue weighted by Gasteiger charge is -2.33. The van der Waals surface area contributed by atoms with Gasteiger partial charge in [0.1, 0.15) is 0 Å². The van der Waals surface area contributed by atoms with Crippen LogP contribution in [0, 0.1) is 0 Å². The number of hydrogen-bond donors (Lipinski definition) is 0. The second-order valence-electron chi connectivity index (χ2n) is 16.4. The highest BCUT2D eigenvalue weighted by Gasteiger charge is 2.41. The van der Waals surface area contributed by atoms with Crippen LogP contribution in [0.1, 0.15) is 0 Å². The van der Waals surface area contributed by atoms with Crippen molar-refractivity contribution in [2.75, 3.05) is 0 Å². The first-order chi connectivity index (χ1) is 29.3. The molecule has 13 aromatic rings. The van der Waals surface area contributed by atoms with Crippen molar-refractivity contribution in [3.63, 3.8) is 0 Å². The molecule has 0 amide bonds. The van der Waals surface area contributed by atoms with Gasteiger partial charge < -0.3 is 18.3 Å². The Morgan fingerprint density at radius 3 is 1.44 bits per heavy atom. The predicted molar refractivity (Wildman–Crippen MR) is 248 cm³/mol. The third kappa shape index (κ3) is 3.56. The van der Waals surface area contributed by atoms with Crippen LogP contribution in [-0.2, 0) is 0 Å². The average molecular weight is 747 g/mol. The van der Waals surface area contributed by atoms with Crippen LogP contribution in [-0.4, -0.2) is 25.0 Å². The Morgan fingerprint density at radius 2 is 0.746 bits per heavy atom. The summed E-state index contributed by atoms with van der Waals surface area (Å²) in [5.74, 6) is 0. The number of rotatable bonds is 2. The Bertz CT molecular complexity index is 3950. The molecule has 0 N–H and O–H groups in total. The molecule has 0 saturated carbocycles. The monoisotopic (exact) mass is 746 g/mol. The molecular formula is C54H31BN4. The van der Waals surface area contributed by atoms with Crippen LogP contribution in [0.15, 0.2) is 188 Å². The summed E-state index contributed by atoms with van der Waals surface area (Å²) in [6.07, 6.45) is 0. The van der Waals surface area contributed by atoms with Gasteiger partial charge in [0.05, 0.1) is 33.1 Å². The van der Waals surface area contributed by atoms with E-state index in [9.17, 15) is 0 Å². The Morgan fingerprint density at radius 1 is 0.288 bits per heavy atom. The summed E-state index contributed by atoms with van der Waals surface area (Å²) >= 11 is 0. The minimum atomic E-state index is 0.0942. The molecule has 59 heavy (non-hydrogen) atoms. The summed E-state index contributed by atoms with van der Waals surface area (Å²) in [6, 6.07) is 70.1. The van der Waals surface area contributed by atoms with Gasteiger partial charge in [0, 0.05) is 76.9 Å². The van der Waals surface area contributed by atoms with E-state index < -0.39 is 0 Å². The molecule has 0 spiro atoms. The molecule has 0 aliphatic carbocycles. The molecule has 0 radical (unpaired) electrons. The van der Waals surface area contributed by atoms with Crippen LogP contribution in [0.3, 0.4) is 0 Å². The van der Waals surface area contributed by atoms with E-state index in [-0.39, 0.29) is 6.71 Å². The molecule has 0 unspecified atom stereocenters. The fourth-order valence-electron chi connectivity index (χ4n) is 11.6. The van der Waals surface area contributed by atoms with Gasteiger partial charge in [0.2, 0.25) is 0 Å². The lowest BCUT2D eigenvalue weighted by atomic mass is 9.34. The second-order valence-corrected chi connectivity index (χ2v) is 16.4. The predicted octanol–water partition coefficient (Wildman–Crippen LogP) is 11.2. The first-order valence-corrected chi connectivity index (χ1v) is 20.6. The maximum absolute atomic E-state index is 2.59. The fraction of sp³-hybridized carbons (Fsp3) is 0. The van der Waals surface area contributed by atoms with Crippen LogP contribution in [0.5, 0.6) is 0 Å². The molecule has 2 aliphatic heterocycles. The van der Waals surface area contributed by atoms with Crippen molar-refractivity contribution in [1.82, 2.24) is 18.3 Å². The van der Waals surface area contributed by atoms with E-state index in [1.54, 1.807) is 0 Å². The molecule has 9 aromatic carbocycles. The summed E-state index contributed by atoms with van der Waals surface area (Å²) < 4.78 is 10.1. The van der Waals surface area contributed by atoms with Gasteiger partial charge in [-0.2, -0.15) is 0 Å². The van der Waals surface area contributed by atoms with Crippen molar-refractivity contribution in [1.29, 1.82) is 0 Å². The molecule has 0 fully saturated rings. The molecule has 4 aromatic heterocycles. The zero-order valence-corrected chi connectivity index (χ0v) is 31.8. The summed E-state index contributed by atoms with van der Waals surface area (Å²) in [5.41, 5.74) is 19.1. The van der Waals surface area contributed by atoms with Gasteiger partial charge >= 0.3 is 0 Å². The smallest absolute Gasteiger partial charge is 0.252 e. The molecule has 0 atom stereocenters. The molecule has 0 saturated heterocycles. The molecule has 270 valence electrons. The topological polar surface area (TPSA) is 19.7 Å². The molecule has 0 bridgehead atoms. The van der Waals surface area contributed by atoms with E-state index in [4.69, 9.17) is 0 Å². The molecule has 4 nitrogen and oxygen atoms in total. The molecule has 2 aliphatic rings. The number of hydrogen-bond acceptors (Lipinski definition) is 0. The van der Waals surface area contributed by atoms with Crippen molar-refractivity contribution in [2.45, 2.75) is 0 Å². The number of aromatic nitrogens is 4. The highest BCUT2D eigenvalue weighted by molar-refractivity contribution is 7.00. The largest absolute Gasteiger partial charge is 0.310 e. The van der Waals surface area contributed by atoms with Crippen molar-refractivity contribution in [3.8, 4) is 22.7 Å². The SMILES string of the molecule is c1ccc(-n2c3ccccc3c3cc4c(cc32)c2cccc3c2n4-c2cccc4c2B3c2cccc3c5c6c7ccccc7n(-c7ccccc7)c6ccc5n-4c23)cc1. The molecule has 15 rings (SSSR count). The average Bonchev–Trinajstić information content (AvgIpc) is 4.02. The van der Waals surface area contributed by atoms with E-state index in [1.165, 1.54) is 126 Å². The summed E-state index contributed by atoms with van der Waals surface area (Å²) in [4.78, 5) is 0. The Hall–Kier alpha value is -7.76.